The Hall–Kier alpha value is -3.43. The highest BCUT2D eigenvalue weighted by Gasteiger charge is 2.20. The summed E-state index contributed by atoms with van der Waals surface area (Å²) in [5.74, 6) is -0.190. The molecule has 0 radical (unpaired) electrons. The molecule has 2 heterocycles. The minimum Gasteiger partial charge on any atom is -0.376 e. The number of rotatable bonds is 4. The molecule has 0 saturated carbocycles. The number of guanidine groups is 1. The Morgan fingerprint density at radius 1 is 1.23 bits per heavy atom. The molecule has 4 rings (SSSR count). The number of nitrogens with two attached hydrogens (primary N) is 2. The van der Waals surface area contributed by atoms with E-state index < -0.39 is 0 Å². The largest absolute Gasteiger partial charge is 0.376 e. The van der Waals surface area contributed by atoms with Gasteiger partial charge in [-0.15, -0.1) is 11.3 Å². The van der Waals surface area contributed by atoms with Crippen LogP contribution in [0.5, 0.6) is 0 Å². The van der Waals surface area contributed by atoms with Crippen molar-refractivity contribution in [1.82, 2.24) is 4.98 Å². The zero-order valence-electron chi connectivity index (χ0n) is 16.9. The molecule has 0 spiro atoms. The van der Waals surface area contributed by atoms with Gasteiger partial charge < -0.3 is 21.7 Å². The van der Waals surface area contributed by atoms with Crippen LogP contribution < -0.4 is 21.7 Å². The van der Waals surface area contributed by atoms with Gasteiger partial charge in [0, 0.05) is 25.0 Å². The first-order chi connectivity index (χ1) is 14.8. The number of hydrogen-bond donors (Lipinski definition) is 3. The third-order valence-corrected chi connectivity index (χ3v) is 5.65. The highest BCUT2D eigenvalue weighted by Crippen LogP contribution is 2.38. The zero-order valence-corrected chi connectivity index (χ0v) is 18.5. The smallest absolute Gasteiger partial charge is 0.230 e. The molecular formula is C21H20ClN7OS. The highest BCUT2D eigenvalue weighted by molar-refractivity contribution is 7.13. The van der Waals surface area contributed by atoms with Crippen LogP contribution in [0.1, 0.15) is 12.0 Å². The second kappa shape index (κ2) is 8.37. The summed E-state index contributed by atoms with van der Waals surface area (Å²) in [7, 11) is 3.81. The van der Waals surface area contributed by atoms with Crippen molar-refractivity contribution in [2.24, 2.45) is 21.5 Å². The van der Waals surface area contributed by atoms with Crippen molar-refractivity contribution in [2.45, 2.75) is 6.42 Å². The molecule has 3 aromatic rings. The van der Waals surface area contributed by atoms with E-state index in [0.717, 1.165) is 22.5 Å². The summed E-state index contributed by atoms with van der Waals surface area (Å²) in [6.07, 6.45) is 0.142. The number of hydrogen-bond acceptors (Lipinski definition) is 6. The molecule has 158 valence electrons. The van der Waals surface area contributed by atoms with E-state index in [9.17, 15) is 4.79 Å². The van der Waals surface area contributed by atoms with Gasteiger partial charge in [-0.05, 0) is 23.8 Å². The van der Waals surface area contributed by atoms with Crippen LogP contribution in [0, 0.1) is 0 Å². The van der Waals surface area contributed by atoms with Gasteiger partial charge in [0.25, 0.3) is 0 Å². The number of nitrogens with zero attached hydrogens (tertiary/aromatic N) is 4. The van der Waals surface area contributed by atoms with E-state index in [1.807, 2.05) is 54.7 Å². The summed E-state index contributed by atoms with van der Waals surface area (Å²) < 4.78 is 0. The van der Waals surface area contributed by atoms with Crippen molar-refractivity contribution < 1.29 is 4.79 Å². The lowest BCUT2D eigenvalue weighted by Gasteiger charge is -2.16. The lowest BCUT2D eigenvalue weighted by molar-refractivity contribution is -0.115. The summed E-state index contributed by atoms with van der Waals surface area (Å²) in [6, 6.07) is 11.3. The average molecular weight is 454 g/mol. The number of halogens is 1. The fraction of sp³-hybridized carbons (Fsp3) is 0.143. The predicted molar refractivity (Wildman–Crippen MR) is 128 cm³/mol. The quantitative estimate of drug-likeness (QED) is 0.408. The standard InChI is InChI=1S/C21H20ClN7OS/c1-29(2)18-8-16-15(7-13(18)22)26-19(30)9-14(25-16)11-4-3-5-12(6-11)17-10-31-21(27-17)28-20(23)24/h3-8,10H,9H2,1-2H3,(H,26,30)(H4,23,24,27,28). The van der Waals surface area contributed by atoms with Gasteiger partial charge in [-0.25, -0.2) is 4.98 Å². The molecule has 0 saturated heterocycles. The van der Waals surface area contributed by atoms with Crippen LogP contribution in [-0.2, 0) is 4.79 Å². The van der Waals surface area contributed by atoms with Gasteiger partial charge in [0.05, 0.1) is 39.9 Å². The van der Waals surface area contributed by atoms with Gasteiger partial charge in [-0.2, -0.15) is 4.99 Å². The van der Waals surface area contributed by atoms with Crippen LogP contribution in [0.2, 0.25) is 5.02 Å². The van der Waals surface area contributed by atoms with Crippen molar-refractivity contribution in [2.75, 3.05) is 24.3 Å². The van der Waals surface area contributed by atoms with Gasteiger partial charge in [0.2, 0.25) is 11.0 Å². The van der Waals surface area contributed by atoms with Crippen molar-refractivity contribution >= 4 is 62.7 Å². The molecule has 1 aliphatic rings. The molecule has 5 N–H and O–H groups in total. The first-order valence-electron chi connectivity index (χ1n) is 9.34. The summed E-state index contributed by atoms with van der Waals surface area (Å²) in [4.78, 5) is 27.7. The third kappa shape index (κ3) is 4.52. The minimum absolute atomic E-state index is 0.0377. The molecule has 31 heavy (non-hydrogen) atoms. The van der Waals surface area contributed by atoms with E-state index >= 15 is 0 Å². The van der Waals surface area contributed by atoms with E-state index in [1.54, 1.807) is 6.07 Å². The number of amides is 1. The first kappa shape index (κ1) is 20.8. The maximum Gasteiger partial charge on any atom is 0.230 e. The summed E-state index contributed by atoms with van der Waals surface area (Å²) >= 11 is 7.70. The molecule has 2 aromatic carbocycles. The van der Waals surface area contributed by atoms with E-state index in [0.29, 0.717) is 27.2 Å². The molecule has 0 bridgehead atoms. The molecule has 1 aliphatic heterocycles. The number of thiazole rings is 1. The van der Waals surface area contributed by atoms with Crippen LogP contribution in [0.25, 0.3) is 11.3 Å². The molecule has 8 nitrogen and oxygen atoms in total. The van der Waals surface area contributed by atoms with Crippen molar-refractivity contribution in [3.8, 4) is 11.3 Å². The average Bonchev–Trinajstić information content (AvgIpc) is 3.09. The van der Waals surface area contributed by atoms with Crippen molar-refractivity contribution in [3.63, 3.8) is 0 Å². The van der Waals surface area contributed by atoms with Gasteiger partial charge in [0.15, 0.2) is 5.96 Å². The van der Waals surface area contributed by atoms with Gasteiger partial charge in [-0.3, -0.25) is 9.79 Å². The molecule has 0 unspecified atom stereocenters. The van der Waals surface area contributed by atoms with E-state index in [-0.39, 0.29) is 18.3 Å². The minimum atomic E-state index is -0.153. The third-order valence-electron chi connectivity index (χ3n) is 4.61. The second-order valence-corrected chi connectivity index (χ2v) is 8.38. The Labute approximate surface area is 188 Å². The Bertz CT molecular complexity index is 1230. The molecule has 0 atom stereocenters. The van der Waals surface area contributed by atoms with E-state index in [1.165, 1.54) is 11.3 Å². The van der Waals surface area contributed by atoms with E-state index in [2.05, 4.69) is 15.3 Å². The number of nitrogens with one attached hydrogen (secondary N) is 1. The lowest BCUT2D eigenvalue weighted by atomic mass is 10.0. The van der Waals surface area contributed by atoms with Crippen LogP contribution in [0.4, 0.5) is 22.2 Å². The van der Waals surface area contributed by atoms with Crippen LogP contribution in [0.3, 0.4) is 0 Å². The molecule has 1 amide bonds. The number of carbonyl (C=O) groups is 1. The van der Waals surface area contributed by atoms with Gasteiger partial charge in [0.1, 0.15) is 0 Å². The molecule has 0 fully saturated rings. The van der Waals surface area contributed by atoms with Crippen LogP contribution >= 0.6 is 22.9 Å². The summed E-state index contributed by atoms with van der Waals surface area (Å²) in [5, 5.41) is 5.80. The molecule has 10 heteroatoms. The van der Waals surface area contributed by atoms with Crippen molar-refractivity contribution in [3.05, 3.63) is 52.4 Å². The Balaban J connectivity index is 1.75. The normalized spacial score (nSPS) is 13.0. The Morgan fingerprint density at radius 2 is 2.00 bits per heavy atom. The van der Waals surface area contributed by atoms with Gasteiger partial charge >= 0.3 is 0 Å². The maximum atomic E-state index is 12.5. The van der Waals surface area contributed by atoms with Crippen molar-refractivity contribution in [1.29, 1.82) is 0 Å². The number of aromatic nitrogens is 1. The highest BCUT2D eigenvalue weighted by atomic mass is 35.5. The Kier molecular flexibility index (Phi) is 5.62. The predicted octanol–water partition coefficient (Wildman–Crippen LogP) is 3.90. The SMILES string of the molecule is CN(C)c1cc2c(cc1Cl)NC(=O)CC(c1cccc(-c3csc(N=C(N)N)n3)c1)=N2. The maximum absolute atomic E-state index is 12.5. The number of anilines is 2. The fourth-order valence-corrected chi connectivity index (χ4v) is 4.25. The van der Waals surface area contributed by atoms with E-state index in [4.69, 9.17) is 28.1 Å². The molecular weight excluding hydrogens is 434 g/mol. The number of fused-ring (bicyclic) bond motifs is 1. The fourth-order valence-electron chi connectivity index (χ4n) is 3.20. The number of benzene rings is 2. The zero-order chi connectivity index (χ0) is 22.1. The van der Waals surface area contributed by atoms with Crippen LogP contribution in [0.15, 0.2) is 51.8 Å². The Morgan fingerprint density at radius 3 is 2.74 bits per heavy atom. The lowest BCUT2D eigenvalue weighted by Crippen LogP contribution is -2.21. The molecule has 0 aliphatic carbocycles. The molecule has 1 aromatic heterocycles. The second-order valence-electron chi connectivity index (χ2n) is 7.13. The number of aliphatic imine (C=N–C) groups is 2. The van der Waals surface area contributed by atoms with Crippen LogP contribution in [-0.4, -0.2) is 36.7 Å². The monoisotopic (exact) mass is 453 g/mol. The summed E-state index contributed by atoms with van der Waals surface area (Å²) in [5.41, 5.74) is 16.0. The topological polar surface area (TPSA) is 122 Å². The van der Waals surface area contributed by atoms with Gasteiger partial charge in [-0.1, -0.05) is 29.8 Å². The first-order valence-corrected chi connectivity index (χ1v) is 10.6. The number of carbonyl (C=O) groups excluding carboxylic acids is 1. The summed E-state index contributed by atoms with van der Waals surface area (Å²) in [6.45, 7) is 0.